The highest BCUT2D eigenvalue weighted by molar-refractivity contribution is 6.30. The van der Waals surface area contributed by atoms with Crippen molar-refractivity contribution in [1.82, 2.24) is 14.8 Å². The van der Waals surface area contributed by atoms with E-state index in [0.717, 1.165) is 12.1 Å². The summed E-state index contributed by atoms with van der Waals surface area (Å²) in [6.07, 6.45) is 0. The number of benzene rings is 2. The first-order chi connectivity index (χ1) is 12.5. The van der Waals surface area contributed by atoms with Gasteiger partial charge in [0.2, 0.25) is 0 Å². The summed E-state index contributed by atoms with van der Waals surface area (Å²) in [7, 11) is 1.21. The summed E-state index contributed by atoms with van der Waals surface area (Å²) in [5.41, 5.74) is 0.537. The van der Waals surface area contributed by atoms with Gasteiger partial charge in [-0.1, -0.05) is 11.6 Å². The Balaban J connectivity index is 2.06. The summed E-state index contributed by atoms with van der Waals surface area (Å²) < 4.78 is 38.4. The Morgan fingerprint density at radius 1 is 1.19 bits per heavy atom. The maximum atomic E-state index is 14.2. The zero-order chi connectivity index (χ0) is 18.7. The predicted molar refractivity (Wildman–Crippen MR) is 89.2 cm³/mol. The van der Waals surface area contributed by atoms with Crippen LogP contribution in [0.1, 0.15) is 0 Å². The highest BCUT2D eigenvalue weighted by atomic mass is 35.5. The molecule has 2 aromatic carbocycles. The topological polar surface area (TPSA) is 66.2 Å². The summed E-state index contributed by atoms with van der Waals surface area (Å²) in [6.45, 7) is -0.410. The average molecular weight is 380 g/mol. The van der Waals surface area contributed by atoms with Gasteiger partial charge in [-0.3, -0.25) is 0 Å². The fourth-order valence-corrected chi connectivity index (χ4v) is 2.27. The van der Waals surface area contributed by atoms with Gasteiger partial charge in [0.25, 0.3) is 0 Å². The summed E-state index contributed by atoms with van der Waals surface area (Å²) in [5, 5.41) is 4.63. The average Bonchev–Trinajstić information content (AvgIpc) is 3.04. The summed E-state index contributed by atoms with van der Waals surface area (Å²) >= 11 is 5.88. The number of esters is 1. The Bertz CT molecular complexity index is 945. The molecule has 0 N–H and O–H groups in total. The van der Waals surface area contributed by atoms with E-state index in [9.17, 15) is 13.6 Å². The molecule has 0 radical (unpaired) electrons. The van der Waals surface area contributed by atoms with E-state index in [-0.39, 0.29) is 17.4 Å². The second-order valence-corrected chi connectivity index (χ2v) is 5.53. The molecule has 0 aliphatic carbocycles. The van der Waals surface area contributed by atoms with Crippen molar-refractivity contribution in [3.05, 3.63) is 59.1 Å². The molecule has 6 nitrogen and oxygen atoms in total. The van der Waals surface area contributed by atoms with Crippen LogP contribution in [0.3, 0.4) is 0 Å². The Hall–Kier alpha value is -3.00. The van der Waals surface area contributed by atoms with Crippen LogP contribution in [0.4, 0.5) is 8.78 Å². The number of aromatic nitrogens is 3. The van der Waals surface area contributed by atoms with Gasteiger partial charge in [-0.15, -0.1) is 5.10 Å². The molecule has 0 saturated heterocycles. The molecule has 0 amide bonds. The third-order valence-electron chi connectivity index (χ3n) is 3.38. The van der Waals surface area contributed by atoms with Gasteiger partial charge in [-0.2, -0.15) is 4.98 Å². The molecule has 3 rings (SSSR count). The molecule has 0 aliphatic heterocycles. The fraction of sp³-hybridized carbons (Fsp3) is 0.118. The van der Waals surface area contributed by atoms with Crippen LogP contribution in [0.25, 0.3) is 17.1 Å². The van der Waals surface area contributed by atoms with Crippen molar-refractivity contribution in [3.8, 4) is 23.1 Å². The van der Waals surface area contributed by atoms with Gasteiger partial charge < -0.3 is 9.47 Å². The standard InChI is InChI=1S/C17H12ClF2N3O3/c1-25-15(24)9-26-17-21-16(13-7-4-11(19)8-14(13)20)23(22-17)12-5-2-10(18)3-6-12/h2-8H,9H2,1H3. The van der Waals surface area contributed by atoms with E-state index in [0.29, 0.717) is 10.7 Å². The Kier molecular flexibility index (Phi) is 5.13. The maximum Gasteiger partial charge on any atom is 0.344 e. The summed E-state index contributed by atoms with van der Waals surface area (Å²) in [4.78, 5) is 15.3. The highest BCUT2D eigenvalue weighted by Crippen LogP contribution is 2.27. The van der Waals surface area contributed by atoms with Crippen molar-refractivity contribution in [2.75, 3.05) is 13.7 Å². The number of methoxy groups -OCH3 is 1. The van der Waals surface area contributed by atoms with Crippen molar-refractivity contribution in [3.63, 3.8) is 0 Å². The normalized spacial score (nSPS) is 10.6. The first-order valence-corrected chi connectivity index (χ1v) is 7.74. The molecule has 9 heteroatoms. The third-order valence-corrected chi connectivity index (χ3v) is 3.63. The monoisotopic (exact) mass is 379 g/mol. The van der Waals surface area contributed by atoms with Crippen LogP contribution in [-0.4, -0.2) is 34.5 Å². The number of ether oxygens (including phenoxy) is 2. The van der Waals surface area contributed by atoms with Crippen molar-refractivity contribution in [1.29, 1.82) is 0 Å². The van der Waals surface area contributed by atoms with Crippen LogP contribution in [0.15, 0.2) is 42.5 Å². The zero-order valence-corrected chi connectivity index (χ0v) is 14.2. The second-order valence-electron chi connectivity index (χ2n) is 5.10. The number of hydrogen-bond acceptors (Lipinski definition) is 5. The molecule has 0 saturated carbocycles. The number of hydrogen-bond donors (Lipinski definition) is 0. The van der Waals surface area contributed by atoms with Crippen LogP contribution in [0.5, 0.6) is 6.01 Å². The van der Waals surface area contributed by atoms with E-state index in [1.54, 1.807) is 24.3 Å². The van der Waals surface area contributed by atoms with Gasteiger partial charge in [0, 0.05) is 11.1 Å². The van der Waals surface area contributed by atoms with Crippen LogP contribution in [0, 0.1) is 11.6 Å². The lowest BCUT2D eigenvalue weighted by Crippen LogP contribution is -2.13. The molecule has 26 heavy (non-hydrogen) atoms. The van der Waals surface area contributed by atoms with E-state index in [1.165, 1.54) is 17.9 Å². The number of nitrogens with zero attached hydrogens (tertiary/aromatic N) is 3. The number of carbonyl (C=O) groups excluding carboxylic acids is 1. The van der Waals surface area contributed by atoms with E-state index < -0.39 is 24.2 Å². The zero-order valence-electron chi connectivity index (χ0n) is 13.4. The van der Waals surface area contributed by atoms with Crippen LogP contribution >= 0.6 is 11.6 Å². The van der Waals surface area contributed by atoms with E-state index in [2.05, 4.69) is 14.8 Å². The molecule has 0 atom stereocenters. The van der Waals surface area contributed by atoms with E-state index >= 15 is 0 Å². The number of carbonyl (C=O) groups is 1. The first kappa shape index (κ1) is 17.8. The molecule has 0 unspecified atom stereocenters. The Morgan fingerprint density at radius 2 is 1.92 bits per heavy atom. The Labute approximate surface area is 151 Å². The van der Waals surface area contributed by atoms with Gasteiger partial charge in [0.15, 0.2) is 12.4 Å². The predicted octanol–water partition coefficient (Wildman–Crippen LogP) is 3.42. The van der Waals surface area contributed by atoms with Crippen LogP contribution in [0.2, 0.25) is 5.02 Å². The fourth-order valence-electron chi connectivity index (χ4n) is 2.14. The molecule has 1 aromatic heterocycles. The minimum Gasteiger partial charge on any atom is -0.466 e. The lowest BCUT2D eigenvalue weighted by Gasteiger charge is -2.06. The summed E-state index contributed by atoms with van der Waals surface area (Å²) in [6, 6.07) is 9.46. The highest BCUT2D eigenvalue weighted by Gasteiger charge is 2.19. The molecule has 3 aromatic rings. The van der Waals surface area contributed by atoms with Gasteiger partial charge in [0.05, 0.1) is 18.4 Å². The Morgan fingerprint density at radius 3 is 2.58 bits per heavy atom. The lowest BCUT2D eigenvalue weighted by molar-refractivity contribution is -0.143. The molecule has 0 aliphatic rings. The molecular formula is C17H12ClF2N3O3. The smallest absolute Gasteiger partial charge is 0.344 e. The maximum absolute atomic E-state index is 14.2. The van der Waals surface area contributed by atoms with E-state index in [1.807, 2.05) is 0 Å². The second kappa shape index (κ2) is 7.49. The lowest BCUT2D eigenvalue weighted by atomic mass is 10.2. The molecule has 0 spiro atoms. The van der Waals surface area contributed by atoms with Crippen molar-refractivity contribution in [2.45, 2.75) is 0 Å². The van der Waals surface area contributed by atoms with Gasteiger partial charge in [-0.05, 0) is 36.4 Å². The van der Waals surface area contributed by atoms with Crippen molar-refractivity contribution >= 4 is 17.6 Å². The first-order valence-electron chi connectivity index (χ1n) is 7.36. The minimum absolute atomic E-state index is 0.0155. The van der Waals surface area contributed by atoms with Crippen LogP contribution in [-0.2, 0) is 9.53 Å². The number of halogens is 3. The SMILES string of the molecule is COC(=O)COc1nc(-c2ccc(F)cc2F)n(-c2ccc(Cl)cc2)n1. The number of rotatable bonds is 5. The largest absolute Gasteiger partial charge is 0.466 e. The molecule has 0 bridgehead atoms. The van der Waals surface area contributed by atoms with Gasteiger partial charge in [-0.25, -0.2) is 18.3 Å². The molecule has 0 fully saturated rings. The van der Waals surface area contributed by atoms with Crippen molar-refractivity contribution < 1.29 is 23.0 Å². The molecule has 1 heterocycles. The van der Waals surface area contributed by atoms with Gasteiger partial charge >= 0.3 is 12.0 Å². The van der Waals surface area contributed by atoms with E-state index in [4.69, 9.17) is 16.3 Å². The molecule has 134 valence electrons. The summed E-state index contributed by atoms with van der Waals surface area (Å²) in [5.74, 6) is -2.08. The molecular weight excluding hydrogens is 368 g/mol. The quantitative estimate of drug-likeness (QED) is 0.635. The van der Waals surface area contributed by atoms with Crippen LogP contribution < -0.4 is 4.74 Å². The minimum atomic E-state index is -0.813. The van der Waals surface area contributed by atoms with Gasteiger partial charge in [0.1, 0.15) is 11.6 Å². The van der Waals surface area contributed by atoms with Crippen molar-refractivity contribution in [2.24, 2.45) is 0 Å². The third kappa shape index (κ3) is 3.80.